The molecule has 0 spiro atoms. The van der Waals surface area contributed by atoms with E-state index >= 15 is 0 Å². The average molecular weight is 421 g/mol. The molecule has 31 heavy (non-hydrogen) atoms. The molecule has 5 N–H and O–H groups in total. The van der Waals surface area contributed by atoms with E-state index in [1.165, 1.54) is 24.7 Å². The molecule has 1 aromatic carbocycles. The number of amides is 1. The van der Waals surface area contributed by atoms with Gasteiger partial charge in [-0.05, 0) is 43.5 Å². The highest BCUT2D eigenvalue weighted by Crippen LogP contribution is 2.37. The Bertz CT molecular complexity index is 1130. The number of aryl methyl sites for hydroxylation is 1. The van der Waals surface area contributed by atoms with Crippen molar-refractivity contribution in [2.45, 2.75) is 31.8 Å². The summed E-state index contributed by atoms with van der Waals surface area (Å²) in [6, 6.07) is 8.64. The summed E-state index contributed by atoms with van der Waals surface area (Å²) in [4.78, 5) is 17.2. The zero-order valence-corrected chi connectivity index (χ0v) is 17.1. The molecule has 0 bridgehead atoms. The molecule has 8 nitrogen and oxygen atoms in total. The van der Waals surface area contributed by atoms with E-state index in [4.69, 9.17) is 5.41 Å². The Morgan fingerprint density at radius 2 is 2.19 bits per heavy atom. The Morgan fingerprint density at radius 1 is 1.35 bits per heavy atom. The Labute approximate surface area is 178 Å². The number of carbonyl (C=O) groups is 1. The summed E-state index contributed by atoms with van der Waals surface area (Å²) in [5.41, 5.74) is 5.01. The standard InChI is InChI=1S/C22H22FN7O/c1-15-2-4-20(29-26-9-8-24)18(10-15)21(31)28-22(6-7-22)14-30-13-16(11-27-30)19-5-3-17(23)12-25-19/h2-5,8-13,24,29H,6-7,14H2,1H3,(H,28,31)/p+2/b24-8?,26-9-. The van der Waals surface area contributed by atoms with Crippen molar-refractivity contribution in [3.63, 3.8) is 0 Å². The second-order valence-electron chi connectivity index (χ2n) is 7.73. The van der Waals surface area contributed by atoms with Gasteiger partial charge in [0, 0.05) is 17.8 Å². The molecule has 0 unspecified atom stereocenters. The lowest BCUT2D eigenvalue weighted by atomic mass is 10.1. The van der Waals surface area contributed by atoms with Crippen LogP contribution in [0.2, 0.25) is 0 Å². The monoisotopic (exact) mass is 421 g/mol. The lowest BCUT2D eigenvalue weighted by Crippen LogP contribution is -2.72. The molecule has 1 aliphatic rings. The summed E-state index contributed by atoms with van der Waals surface area (Å²) >= 11 is 0. The maximum Gasteiger partial charge on any atom is 0.257 e. The molecule has 0 saturated heterocycles. The van der Waals surface area contributed by atoms with E-state index < -0.39 is 0 Å². The van der Waals surface area contributed by atoms with Crippen molar-refractivity contribution in [3.8, 4) is 11.3 Å². The van der Waals surface area contributed by atoms with Crippen molar-refractivity contribution in [2.24, 2.45) is 5.10 Å². The zero-order chi connectivity index (χ0) is 21.8. The second kappa shape index (κ2) is 8.57. The van der Waals surface area contributed by atoms with Gasteiger partial charge in [0.2, 0.25) is 0 Å². The minimum atomic E-state index is -0.379. The number of nitrogens with one attached hydrogen (secondary N) is 1. The number of nitrogens with zero attached hydrogens (tertiary/aromatic N) is 4. The Hall–Kier alpha value is -3.72. The van der Waals surface area contributed by atoms with Gasteiger partial charge in [0.25, 0.3) is 5.91 Å². The largest absolute Gasteiger partial charge is 0.345 e. The van der Waals surface area contributed by atoms with Gasteiger partial charge in [-0.25, -0.2) is 4.39 Å². The average Bonchev–Trinajstić information content (AvgIpc) is 3.34. The molecule has 2 aromatic heterocycles. The molecule has 9 heteroatoms. The first kappa shape index (κ1) is 20.5. The van der Waals surface area contributed by atoms with Crippen LogP contribution in [-0.4, -0.2) is 38.6 Å². The van der Waals surface area contributed by atoms with Crippen molar-refractivity contribution >= 4 is 24.0 Å². The molecule has 1 fully saturated rings. The quantitative estimate of drug-likeness (QED) is 0.211. The number of halogens is 1. The third-order valence-corrected chi connectivity index (χ3v) is 5.19. The van der Waals surface area contributed by atoms with Crippen LogP contribution in [0.1, 0.15) is 28.8 Å². The normalized spacial score (nSPS) is 14.5. The molecule has 158 valence electrons. The van der Waals surface area contributed by atoms with Gasteiger partial charge < -0.3 is 5.32 Å². The summed E-state index contributed by atoms with van der Waals surface area (Å²) < 4.78 is 14.9. The topological polar surface area (TPSA) is 114 Å². The number of carbonyl (C=O) groups excluding carboxylic acids is 1. The number of pyridine rings is 1. The number of quaternary nitrogens is 1. The van der Waals surface area contributed by atoms with Crippen LogP contribution in [0.3, 0.4) is 0 Å². The molecule has 0 aliphatic heterocycles. The molecule has 1 amide bonds. The molecular weight excluding hydrogens is 397 g/mol. The van der Waals surface area contributed by atoms with E-state index in [1.807, 2.05) is 31.3 Å². The Morgan fingerprint density at radius 3 is 2.90 bits per heavy atom. The van der Waals surface area contributed by atoms with Gasteiger partial charge in [0.15, 0.2) is 11.9 Å². The minimum Gasteiger partial charge on any atom is -0.345 e. The molecule has 3 aromatic rings. The van der Waals surface area contributed by atoms with Gasteiger partial charge >= 0.3 is 0 Å². The zero-order valence-electron chi connectivity index (χ0n) is 17.1. The summed E-state index contributed by atoms with van der Waals surface area (Å²) in [6.45, 7) is 2.49. The lowest BCUT2D eigenvalue weighted by molar-refractivity contribution is -0.577. The van der Waals surface area contributed by atoms with Gasteiger partial charge in [-0.1, -0.05) is 11.2 Å². The van der Waals surface area contributed by atoms with Gasteiger partial charge in [-0.15, -0.1) is 0 Å². The van der Waals surface area contributed by atoms with Crippen LogP contribution in [-0.2, 0) is 6.54 Å². The van der Waals surface area contributed by atoms with Crippen LogP contribution in [0.4, 0.5) is 10.1 Å². The third kappa shape index (κ3) is 4.89. The van der Waals surface area contributed by atoms with E-state index in [0.29, 0.717) is 17.8 Å². The number of hydrogen-bond acceptors (Lipinski definition) is 4. The number of hydrogen-bond donors (Lipinski definition) is 3. The first-order chi connectivity index (χ1) is 15.0. The molecule has 4 rings (SSSR count). The van der Waals surface area contributed by atoms with E-state index in [2.05, 4.69) is 20.5 Å². The molecule has 0 atom stereocenters. The molecule has 1 saturated carbocycles. The van der Waals surface area contributed by atoms with Crippen LogP contribution < -0.4 is 16.2 Å². The van der Waals surface area contributed by atoms with Gasteiger partial charge in [0.1, 0.15) is 17.6 Å². The fourth-order valence-corrected chi connectivity index (χ4v) is 3.37. The first-order valence-electron chi connectivity index (χ1n) is 9.95. The fourth-order valence-electron chi connectivity index (χ4n) is 3.37. The summed E-state index contributed by atoms with van der Waals surface area (Å²) in [6.07, 6.45) is 9.27. The van der Waals surface area contributed by atoms with E-state index in [0.717, 1.165) is 29.7 Å². The number of rotatable bonds is 8. The Balaban J connectivity index is 1.47. The van der Waals surface area contributed by atoms with E-state index in [9.17, 15) is 9.18 Å². The van der Waals surface area contributed by atoms with Crippen LogP contribution in [0.5, 0.6) is 0 Å². The van der Waals surface area contributed by atoms with Crippen molar-refractivity contribution in [3.05, 3.63) is 65.9 Å². The Kier molecular flexibility index (Phi) is 5.68. The van der Waals surface area contributed by atoms with E-state index in [-0.39, 0.29) is 17.3 Å². The van der Waals surface area contributed by atoms with Crippen molar-refractivity contribution < 1.29 is 20.0 Å². The van der Waals surface area contributed by atoms with Crippen LogP contribution in [0.15, 0.2) is 54.0 Å². The van der Waals surface area contributed by atoms with Crippen LogP contribution in [0.25, 0.3) is 11.3 Å². The predicted octanol–water partition coefficient (Wildman–Crippen LogP) is 0.366. The van der Waals surface area contributed by atoms with Gasteiger partial charge in [0.05, 0.1) is 30.2 Å². The predicted molar refractivity (Wildman–Crippen MR) is 114 cm³/mol. The molecule has 2 heterocycles. The highest BCUT2D eigenvalue weighted by molar-refractivity contribution is 6.12. The maximum atomic E-state index is 13.1. The fraction of sp³-hybridized carbons (Fsp3) is 0.227. The molecule has 0 radical (unpaired) electrons. The minimum absolute atomic E-state index is 0.146. The summed E-state index contributed by atoms with van der Waals surface area (Å²) in [7, 11) is 0. The smallest absolute Gasteiger partial charge is 0.257 e. The number of nitrogens with two attached hydrogens (primary N) is 2. The van der Waals surface area contributed by atoms with Gasteiger partial charge in [-0.2, -0.15) is 10.5 Å². The van der Waals surface area contributed by atoms with E-state index in [1.54, 1.807) is 22.4 Å². The van der Waals surface area contributed by atoms with Gasteiger partial charge in [-0.3, -0.25) is 19.9 Å². The third-order valence-electron chi connectivity index (χ3n) is 5.19. The second-order valence-corrected chi connectivity index (χ2v) is 7.73. The van der Waals surface area contributed by atoms with Crippen LogP contribution in [0, 0.1) is 12.7 Å². The summed E-state index contributed by atoms with van der Waals surface area (Å²) in [5, 5.41) is 17.0. The first-order valence-corrected chi connectivity index (χ1v) is 9.95. The maximum absolute atomic E-state index is 13.1. The summed E-state index contributed by atoms with van der Waals surface area (Å²) in [5.74, 6) is -0.526. The lowest BCUT2D eigenvalue weighted by Gasteiger charge is -2.18. The highest BCUT2D eigenvalue weighted by atomic mass is 19.1. The molecule has 1 aliphatic carbocycles. The molecular formula is C22H24FN7O+2. The number of aromatic nitrogens is 3. The highest BCUT2D eigenvalue weighted by Gasteiger charge is 2.45. The number of benzene rings is 1. The van der Waals surface area contributed by atoms with Crippen molar-refractivity contribution in [1.82, 2.24) is 20.1 Å². The van der Waals surface area contributed by atoms with Crippen molar-refractivity contribution in [2.75, 3.05) is 0 Å². The SMILES string of the molecule is Cc1ccc([NH2+]/N=C\C=[NH2+])c(C(=O)NC2(Cn3cc(-c4ccc(F)cn4)cn3)CC2)c1. The van der Waals surface area contributed by atoms with Crippen LogP contribution >= 0.6 is 0 Å². The van der Waals surface area contributed by atoms with Crippen molar-refractivity contribution in [1.29, 1.82) is 0 Å².